The molecule has 23 heavy (non-hydrogen) atoms. The van der Waals surface area contributed by atoms with Crippen molar-refractivity contribution in [2.45, 2.75) is 45.1 Å². The molecule has 0 atom stereocenters. The summed E-state index contributed by atoms with van der Waals surface area (Å²) in [6.07, 6.45) is 7.74. The molecule has 1 aliphatic carbocycles. The van der Waals surface area contributed by atoms with Crippen molar-refractivity contribution in [1.29, 1.82) is 0 Å². The number of aryl methyl sites for hydroxylation is 1. The highest BCUT2D eigenvalue weighted by molar-refractivity contribution is 5.77. The molecule has 0 saturated heterocycles. The minimum Gasteiger partial charge on any atom is -0.466 e. The minimum atomic E-state index is -0.0643. The van der Waals surface area contributed by atoms with Crippen LogP contribution in [-0.2, 0) is 4.79 Å². The highest BCUT2D eigenvalue weighted by Crippen LogP contribution is 2.19. The Balaban J connectivity index is 1.56. The third kappa shape index (κ3) is 4.12. The van der Waals surface area contributed by atoms with Gasteiger partial charge in [-0.25, -0.2) is 4.68 Å². The van der Waals surface area contributed by atoms with Gasteiger partial charge in [-0.3, -0.25) is 4.79 Å². The van der Waals surface area contributed by atoms with Gasteiger partial charge in [0.15, 0.2) is 6.61 Å². The summed E-state index contributed by atoms with van der Waals surface area (Å²) >= 11 is 0. The Hall–Kier alpha value is -2.30. The number of carbonyl (C=O) groups is 1. The summed E-state index contributed by atoms with van der Waals surface area (Å²) in [5, 5.41) is 7.46. The van der Waals surface area contributed by atoms with Crippen LogP contribution >= 0.6 is 0 Å². The number of rotatable bonds is 5. The summed E-state index contributed by atoms with van der Waals surface area (Å²) < 4.78 is 7.37. The van der Waals surface area contributed by atoms with Crippen molar-refractivity contribution in [2.24, 2.45) is 0 Å². The SMILES string of the molecule is Cc1cn(-c2ccccc2)nc1OCC(=O)NC1CCCCC1. The molecule has 3 rings (SSSR count). The zero-order valence-electron chi connectivity index (χ0n) is 13.5. The average Bonchev–Trinajstić information content (AvgIpc) is 2.96. The normalized spacial score (nSPS) is 15.3. The molecule has 1 saturated carbocycles. The Morgan fingerprint density at radius 2 is 2.00 bits per heavy atom. The van der Waals surface area contributed by atoms with Crippen molar-refractivity contribution in [1.82, 2.24) is 15.1 Å². The van der Waals surface area contributed by atoms with Gasteiger partial charge in [0.2, 0.25) is 5.88 Å². The predicted molar refractivity (Wildman–Crippen MR) is 88.8 cm³/mol. The molecule has 1 fully saturated rings. The van der Waals surface area contributed by atoms with Crippen LogP contribution in [0.2, 0.25) is 0 Å². The topological polar surface area (TPSA) is 56.2 Å². The van der Waals surface area contributed by atoms with Gasteiger partial charge in [-0.05, 0) is 31.9 Å². The molecule has 1 amide bonds. The van der Waals surface area contributed by atoms with Crippen molar-refractivity contribution >= 4 is 5.91 Å². The maximum atomic E-state index is 12.0. The molecule has 1 aliphatic rings. The average molecular weight is 313 g/mol. The first-order valence-corrected chi connectivity index (χ1v) is 8.26. The van der Waals surface area contributed by atoms with E-state index >= 15 is 0 Å². The zero-order chi connectivity index (χ0) is 16.1. The van der Waals surface area contributed by atoms with E-state index in [1.54, 1.807) is 4.68 Å². The largest absolute Gasteiger partial charge is 0.466 e. The van der Waals surface area contributed by atoms with E-state index in [1.165, 1.54) is 19.3 Å². The fourth-order valence-electron chi connectivity index (χ4n) is 2.95. The van der Waals surface area contributed by atoms with E-state index in [0.29, 0.717) is 11.9 Å². The number of benzene rings is 1. The van der Waals surface area contributed by atoms with Crippen LogP contribution in [0.25, 0.3) is 5.69 Å². The van der Waals surface area contributed by atoms with Gasteiger partial charge in [0, 0.05) is 17.8 Å². The fourth-order valence-corrected chi connectivity index (χ4v) is 2.95. The minimum absolute atomic E-state index is 0.0170. The molecule has 0 unspecified atom stereocenters. The molecule has 122 valence electrons. The summed E-state index contributed by atoms with van der Waals surface area (Å²) in [7, 11) is 0. The Bertz CT molecular complexity index is 646. The predicted octanol–water partition coefficient (Wildman–Crippen LogP) is 3.01. The van der Waals surface area contributed by atoms with E-state index in [1.807, 2.05) is 43.5 Å². The summed E-state index contributed by atoms with van der Waals surface area (Å²) in [4.78, 5) is 12.0. The van der Waals surface area contributed by atoms with Crippen molar-refractivity contribution < 1.29 is 9.53 Å². The van der Waals surface area contributed by atoms with Gasteiger partial charge >= 0.3 is 0 Å². The van der Waals surface area contributed by atoms with Crippen molar-refractivity contribution in [2.75, 3.05) is 6.61 Å². The molecule has 1 aromatic carbocycles. The first-order valence-electron chi connectivity index (χ1n) is 8.26. The van der Waals surface area contributed by atoms with Crippen molar-refractivity contribution in [3.63, 3.8) is 0 Å². The van der Waals surface area contributed by atoms with Gasteiger partial charge in [-0.15, -0.1) is 5.10 Å². The number of hydrogen-bond acceptors (Lipinski definition) is 3. The maximum Gasteiger partial charge on any atom is 0.258 e. The molecular formula is C18H23N3O2. The summed E-state index contributed by atoms with van der Waals surface area (Å²) in [6.45, 7) is 1.95. The van der Waals surface area contributed by atoms with E-state index in [0.717, 1.165) is 24.1 Å². The fraction of sp³-hybridized carbons (Fsp3) is 0.444. The highest BCUT2D eigenvalue weighted by atomic mass is 16.5. The number of amides is 1. The zero-order valence-corrected chi connectivity index (χ0v) is 13.5. The lowest BCUT2D eigenvalue weighted by Gasteiger charge is -2.22. The number of carbonyl (C=O) groups excluding carboxylic acids is 1. The smallest absolute Gasteiger partial charge is 0.258 e. The van der Waals surface area contributed by atoms with Gasteiger partial charge in [0.25, 0.3) is 5.91 Å². The number of nitrogens with zero attached hydrogens (tertiary/aromatic N) is 2. The Morgan fingerprint density at radius 1 is 1.26 bits per heavy atom. The molecule has 1 N–H and O–H groups in total. The van der Waals surface area contributed by atoms with E-state index in [9.17, 15) is 4.79 Å². The first-order chi connectivity index (χ1) is 11.2. The lowest BCUT2D eigenvalue weighted by molar-refractivity contribution is -0.124. The highest BCUT2D eigenvalue weighted by Gasteiger charge is 2.16. The molecule has 0 spiro atoms. The third-order valence-electron chi connectivity index (χ3n) is 4.18. The number of para-hydroxylation sites is 1. The van der Waals surface area contributed by atoms with Gasteiger partial charge in [-0.1, -0.05) is 37.5 Å². The van der Waals surface area contributed by atoms with Crippen LogP contribution in [-0.4, -0.2) is 28.3 Å². The lowest BCUT2D eigenvalue weighted by Crippen LogP contribution is -2.39. The van der Waals surface area contributed by atoms with Crippen LogP contribution in [0, 0.1) is 6.92 Å². The second-order valence-electron chi connectivity index (χ2n) is 6.09. The Kier molecular flexibility index (Phi) is 4.95. The molecule has 2 aromatic rings. The van der Waals surface area contributed by atoms with Crippen molar-refractivity contribution in [3.05, 3.63) is 42.1 Å². The van der Waals surface area contributed by atoms with Crippen LogP contribution in [0.5, 0.6) is 5.88 Å². The first kappa shape index (κ1) is 15.6. The van der Waals surface area contributed by atoms with E-state index in [-0.39, 0.29) is 12.5 Å². The van der Waals surface area contributed by atoms with Gasteiger partial charge in [0.1, 0.15) is 0 Å². The summed E-state index contributed by atoms with van der Waals surface area (Å²) in [5.41, 5.74) is 1.89. The summed E-state index contributed by atoms with van der Waals surface area (Å²) in [5.74, 6) is 0.443. The standard InChI is InChI=1S/C18H23N3O2/c1-14-12-21(16-10-6-3-7-11-16)20-18(14)23-13-17(22)19-15-8-4-2-5-9-15/h3,6-7,10-12,15H,2,4-5,8-9,13H2,1H3,(H,19,22). The van der Waals surface area contributed by atoms with Crippen LogP contribution < -0.4 is 10.1 Å². The van der Waals surface area contributed by atoms with Crippen molar-refractivity contribution in [3.8, 4) is 11.6 Å². The molecule has 0 bridgehead atoms. The van der Waals surface area contributed by atoms with Crippen LogP contribution in [0.3, 0.4) is 0 Å². The molecule has 0 radical (unpaired) electrons. The van der Waals surface area contributed by atoms with Gasteiger partial charge in [-0.2, -0.15) is 0 Å². The number of hydrogen-bond donors (Lipinski definition) is 1. The van der Waals surface area contributed by atoms with E-state index in [2.05, 4.69) is 10.4 Å². The molecule has 0 aliphatic heterocycles. The maximum absolute atomic E-state index is 12.0. The molecule has 1 aromatic heterocycles. The Labute approximate surface area is 136 Å². The number of ether oxygens (including phenoxy) is 1. The van der Waals surface area contributed by atoms with Crippen LogP contribution in [0.1, 0.15) is 37.7 Å². The lowest BCUT2D eigenvalue weighted by atomic mass is 9.95. The van der Waals surface area contributed by atoms with E-state index < -0.39 is 0 Å². The monoisotopic (exact) mass is 313 g/mol. The molecule has 5 nitrogen and oxygen atoms in total. The Morgan fingerprint density at radius 3 is 2.74 bits per heavy atom. The third-order valence-corrected chi connectivity index (χ3v) is 4.18. The number of nitrogens with one attached hydrogen (secondary N) is 1. The summed E-state index contributed by atoms with van der Waals surface area (Å²) in [6, 6.07) is 10.2. The van der Waals surface area contributed by atoms with Gasteiger partial charge in [0.05, 0.1) is 5.69 Å². The number of aromatic nitrogens is 2. The second kappa shape index (κ2) is 7.31. The van der Waals surface area contributed by atoms with Crippen LogP contribution in [0.15, 0.2) is 36.5 Å². The van der Waals surface area contributed by atoms with E-state index in [4.69, 9.17) is 4.74 Å². The molecule has 5 heteroatoms. The van der Waals surface area contributed by atoms with Crippen LogP contribution in [0.4, 0.5) is 0 Å². The second-order valence-corrected chi connectivity index (χ2v) is 6.09. The quantitative estimate of drug-likeness (QED) is 0.923. The molecule has 1 heterocycles. The molecular weight excluding hydrogens is 290 g/mol. The van der Waals surface area contributed by atoms with Gasteiger partial charge < -0.3 is 10.1 Å².